The highest BCUT2D eigenvalue weighted by atomic mass is 19.4. The van der Waals surface area contributed by atoms with Crippen molar-refractivity contribution in [2.24, 2.45) is 5.92 Å². The van der Waals surface area contributed by atoms with E-state index in [0.29, 0.717) is 0 Å². The molecule has 0 aliphatic carbocycles. The van der Waals surface area contributed by atoms with Crippen molar-refractivity contribution >= 4 is 5.97 Å². The zero-order valence-electron chi connectivity index (χ0n) is 11.1. The van der Waals surface area contributed by atoms with Crippen molar-refractivity contribution < 1.29 is 27.8 Å². The van der Waals surface area contributed by atoms with Crippen LogP contribution in [-0.4, -0.2) is 23.9 Å². The number of benzene rings is 1. The van der Waals surface area contributed by atoms with E-state index in [2.05, 4.69) is 6.92 Å². The quantitative estimate of drug-likeness (QED) is 0.833. The van der Waals surface area contributed by atoms with Gasteiger partial charge < -0.3 is 9.84 Å². The van der Waals surface area contributed by atoms with E-state index < -0.39 is 24.7 Å². The fourth-order valence-electron chi connectivity index (χ4n) is 1.62. The Morgan fingerprint density at radius 3 is 2.35 bits per heavy atom. The molecule has 0 saturated carbocycles. The lowest BCUT2D eigenvalue weighted by atomic mass is 10.1. The summed E-state index contributed by atoms with van der Waals surface area (Å²) in [5.74, 6) is -4.21. The Morgan fingerprint density at radius 1 is 1.30 bits per heavy atom. The Hall–Kier alpha value is -1.72. The van der Waals surface area contributed by atoms with E-state index >= 15 is 0 Å². The van der Waals surface area contributed by atoms with Gasteiger partial charge in [0.15, 0.2) is 5.92 Å². The highest BCUT2D eigenvalue weighted by Gasteiger charge is 2.45. The third-order valence-corrected chi connectivity index (χ3v) is 2.85. The molecule has 0 fully saturated rings. The number of hydrogen-bond acceptors (Lipinski definition) is 2. The second-order valence-corrected chi connectivity index (χ2v) is 4.49. The molecule has 3 nitrogen and oxygen atoms in total. The van der Waals surface area contributed by atoms with Gasteiger partial charge in [-0.2, -0.15) is 13.2 Å². The lowest BCUT2D eigenvalue weighted by Gasteiger charge is -2.16. The van der Waals surface area contributed by atoms with Gasteiger partial charge in [0.1, 0.15) is 12.4 Å². The van der Waals surface area contributed by atoms with Gasteiger partial charge >= 0.3 is 12.1 Å². The summed E-state index contributed by atoms with van der Waals surface area (Å²) in [7, 11) is 0. The lowest BCUT2D eigenvalue weighted by molar-refractivity contribution is -0.198. The number of carboxylic acid groups (broad SMARTS) is 1. The molecule has 0 aromatic heterocycles. The second-order valence-electron chi connectivity index (χ2n) is 4.49. The smallest absolute Gasteiger partial charge is 0.405 e. The van der Waals surface area contributed by atoms with Gasteiger partial charge in [-0.05, 0) is 30.5 Å². The Kier molecular flexibility index (Phi) is 5.85. The van der Waals surface area contributed by atoms with Crippen LogP contribution >= 0.6 is 0 Å². The summed E-state index contributed by atoms with van der Waals surface area (Å²) in [6.07, 6.45) is -1.82. The monoisotopic (exact) mass is 290 g/mol. The van der Waals surface area contributed by atoms with Gasteiger partial charge in [0.05, 0.1) is 0 Å². The van der Waals surface area contributed by atoms with Gasteiger partial charge in [-0.25, -0.2) is 0 Å². The molecular weight excluding hydrogens is 273 g/mol. The summed E-state index contributed by atoms with van der Waals surface area (Å²) in [5, 5.41) is 8.53. The summed E-state index contributed by atoms with van der Waals surface area (Å²) in [4.78, 5) is 10.5. The van der Waals surface area contributed by atoms with Crippen LogP contribution in [0.15, 0.2) is 24.3 Å². The van der Waals surface area contributed by atoms with Crippen LogP contribution in [0.1, 0.15) is 25.3 Å². The molecule has 1 unspecified atom stereocenters. The Bertz CT molecular complexity index is 426. The highest BCUT2D eigenvalue weighted by molar-refractivity contribution is 5.71. The van der Waals surface area contributed by atoms with Crippen molar-refractivity contribution in [1.29, 1.82) is 0 Å². The molecule has 0 aliphatic rings. The van der Waals surface area contributed by atoms with Crippen molar-refractivity contribution in [3.8, 4) is 5.75 Å². The van der Waals surface area contributed by atoms with Crippen LogP contribution in [0.5, 0.6) is 5.75 Å². The van der Waals surface area contributed by atoms with Crippen LogP contribution in [0, 0.1) is 5.92 Å². The minimum absolute atomic E-state index is 0.237. The van der Waals surface area contributed by atoms with Crippen LogP contribution in [0.3, 0.4) is 0 Å². The third kappa shape index (κ3) is 5.11. The largest absolute Gasteiger partial charge is 0.492 e. The number of rotatable bonds is 7. The maximum atomic E-state index is 12.4. The first kappa shape index (κ1) is 16.3. The molecular formula is C14H17F3O3. The predicted molar refractivity (Wildman–Crippen MR) is 67.7 cm³/mol. The van der Waals surface area contributed by atoms with Crippen LogP contribution in [0.4, 0.5) is 13.2 Å². The lowest BCUT2D eigenvalue weighted by Crippen LogP contribution is -2.35. The van der Waals surface area contributed by atoms with E-state index in [-0.39, 0.29) is 5.75 Å². The highest BCUT2D eigenvalue weighted by Crippen LogP contribution is 2.27. The molecule has 0 saturated heterocycles. The Balaban J connectivity index is 2.58. The Morgan fingerprint density at radius 2 is 1.90 bits per heavy atom. The summed E-state index contributed by atoms with van der Waals surface area (Å²) in [5.41, 5.74) is 1.07. The van der Waals surface area contributed by atoms with Gasteiger partial charge in [-0.15, -0.1) is 0 Å². The van der Waals surface area contributed by atoms with Gasteiger partial charge in [0.25, 0.3) is 0 Å². The van der Waals surface area contributed by atoms with Gasteiger partial charge in [0.2, 0.25) is 0 Å². The average molecular weight is 290 g/mol. The van der Waals surface area contributed by atoms with Crippen molar-refractivity contribution in [1.82, 2.24) is 0 Å². The van der Waals surface area contributed by atoms with Gasteiger partial charge in [-0.3, -0.25) is 4.79 Å². The molecule has 0 bridgehead atoms. The van der Waals surface area contributed by atoms with E-state index in [1.807, 2.05) is 0 Å². The molecule has 1 N–H and O–H groups in total. The zero-order chi connectivity index (χ0) is 15.2. The molecule has 20 heavy (non-hydrogen) atoms. The number of carbonyl (C=O) groups is 1. The standard InChI is InChI=1S/C14H17F3O3/c1-2-3-4-10-5-7-11(8-6-10)20-9-12(13(18)19)14(15,16)17/h5-8,12H,2-4,9H2,1H3,(H,18,19). The molecule has 1 aromatic carbocycles. The topological polar surface area (TPSA) is 46.5 Å². The number of halogens is 3. The van der Waals surface area contributed by atoms with Crippen molar-refractivity contribution in [3.05, 3.63) is 29.8 Å². The number of alkyl halides is 3. The number of aryl methyl sites for hydroxylation is 1. The first-order chi connectivity index (χ1) is 9.34. The van der Waals surface area contributed by atoms with Crippen molar-refractivity contribution in [2.45, 2.75) is 32.4 Å². The van der Waals surface area contributed by atoms with E-state index in [0.717, 1.165) is 24.8 Å². The zero-order valence-corrected chi connectivity index (χ0v) is 11.1. The van der Waals surface area contributed by atoms with E-state index in [1.54, 1.807) is 24.3 Å². The van der Waals surface area contributed by atoms with Crippen LogP contribution < -0.4 is 4.74 Å². The maximum absolute atomic E-state index is 12.4. The SMILES string of the molecule is CCCCc1ccc(OCC(C(=O)O)C(F)(F)F)cc1. The number of ether oxygens (including phenoxy) is 1. The Labute approximate surface area is 115 Å². The van der Waals surface area contributed by atoms with Crippen molar-refractivity contribution in [2.75, 3.05) is 6.61 Å². The molecule has 1 rings (SSSR count). The van der Waals surface area contributed by atoms with E-state index in [1.165, 1.54) is 0 Å². The minimum atomic E-state index is -4.81. The fourth-order valence-corrected chi connectivity index (χ4v) is 1.62. The summed E-state index contributed by atoms with van der Waals surface area (Å²) in [6, 6.07) is 6.66. The molecule has 1 atom stereocenters. The summed E-state index contributed by atoms with van der Waals surface area (Å²) < 4.78 is 42.2. The number of unbranched alkanes of at least 4 members (excludes halogenated alkanes) is 1. The summed E-state index contributed by atoms with van der Waals surface area (Å²) >= 11 is 0. The predicted octanol–water partition coefficient (Wildman–Crippen LogP) is 3.67. The molecule has 112 valence electrons. The maximum Gasteiger partial charge on any atom is 0.405 e. The first-order valence-corrected chi connectivity index (χ1v) is 6.36. The van der Waals surface area contributed by atoms with Crippen LogP contribution in [-0.2, 0) is 11.2 Å². The molecule has 0 heterocycles. The average Bonchev–Trinajstić information content (AvgIpc) is 2.36. The molecule has 0 radical (unpaired) electrons. The normalized spacial score (nSPS) is 13.0. The minimum Gasteiger partial charge on any atom is -0.492 e. The fraction of sp³-hybridized carbons (Fsp3) is 0.500. The van der Waals surface area contributed by atoms with Crippen LogP contribution in [0.2, 0.25) is 0 Å². The van der Waals surface area contributed by atoms with E-state index in [9.17, 15) is 18.0 Å². The van der Waals surface area contributed by atoms with Gasteiger partial charge in [0, 0.05) is 0 Å². The molecule has 0 spiro atoms. The summed E-state index contributed by atoms with van der Waals surface area (Å²) in [6.45, 7) is 1.15. The number of hydrogen-bond donors (Lipinski definition) is 1. The first-order valence-electron chi connectivity index (χ1n) is 6.36. The second kappa shape index (κ2) is 7.17. The third-order valence-electron chi connectivity index (χ3n) is 2.85. The van der Waals surface area contributed by atoms with Crippen molar-refractivity contribution in [3.63, 3.8) is 0 Å². The molecule has 0 amide bonds. The van der Waals surface area contributed by atoms with E-state index in [4.69, 9.17) is 9.84 Å². The molecule has 6 heteroatoms. The van der Waals surface area contributed by atoms with Crippen LogP contribution in [0.25, 0.3) is 0 Å². The van der Waals surface area contributed by atoms with Gasteiger partial charge in [-0.1, -0.05) is 25.5 Å². The molecule has 1 aromatic rings. The number of carboxylic acids is 1. The number of aliphatic carboxylic acids is 1. The molecule has 0 aliphatic heterocycles.